The fourth-order valence-electron chi connectivity index (χ4n) is 4.63. The fraction of sp³-hybridized carbons (Fsp3) is 0.222. The first-order valence-electron chi connectivity index (χ1n) is 11.8. The zero-order valence-electron chi connectivity index (χ0n) is 19.8. The number of fused-ring (bicyclic) bond motifs is 2. The van der Waals surface area contributed by atoms with E-state index in [2.05, 4.69) is 79.8 Å². The molecule has 0 amide bonds. The topological polar surface area (TPSA) is 82.2 Å². The number of likely N-dealkylation sites (N-methyl/N-ethyl adjacent to an activating group) is 1. The van der Waals surface area contributed by atoms with E-state index in [1.165, 1.54) is 0 Å². The quantitative estimate of drug-likeness (QED) is 0.390. The molecule has 0 saturated carbocycles. The van der Waals surface area contributed by atoms with Crippen LogP contribution >= 0.6 is 0 Å². The lowest BCUT2D eigenvalue weighted by Crippen LogP contribution is -2.44. The smallest absolute Gasteiger partial charge is 0.227 e. The van der Waals surface area contributed by atoms with Gasteiger partial charge in [-0.25, -0.2) is 9.97 Å². The number of nitrogens with zero attached hydrogens (tertiary/aromatic N) is 5. The molecule has 5 aromatic rings. The molecule has 2 N–H and O–H groups in total. The third kappa shape index (κ3) is 4.13. The van der Waals surface area contributed by atoms with Gasteiger partial charge in [-0.05, 0) is 30.8 Å². The van der Waals surface area contributed by atoms with Gasteiger partial charge in [0.25, 0.3) is 0 Å². The van der Waals surface area contributed by atoms with Crippen LogP contribution in [0.2, 0.25) is 0 Å². The van der Waals surface area contributed by atoms with E-state index >= 15 is 0 Å². The SMILES string of the molecule is COc1cc(N2CCN(C)CC2)ccc1Nc1ncc2ccc(-c3cccc4cn[nH]c34)cc2n1. The molecule has 35 heavy (non-hydrogen) atoms. The molecule has 0 unspecified atom stereocenters. The summed E-state index contributed by atoms with van der Waals surface area (Å²) in [5, 5.41) is 12.7. The summed E-state index contributed by atoms with van der Waals surface area (Å²) in [5.41, 5.74) is 6.05. The molecular formula is C27H27N7O. The molecule has 1 fully saturated rings. The molecule has 8 heteroatoms. The van der Waals surface area contributed by atoms with Crippen molar-refractivity contribution >= 4 is 39.1 Å². The number of aromatic amines is 1. The number of methoxy groups -OCH3 is 1. The second-order valence-electron chi connectivity index (χ2n) is 8.91. The molecule has 176 valence electrons. The molecule has 1 saturated heterocycles. The highest BCUT2D eigenvalue weighted by Crippen LogP contribution is 2.33. The van der Waals surface area contributed by atoms with Gasteiger partial charge in [-0.15, -0.1) is 0 Å². The van der Waals surface area contributed by atoms with E-state index in [0.717, 1.165) is 76.2 Å². The van der Waals surface area contributed by atoms with Gasteiger partial charge in [-0.1, -0.05) is 30.3 Å². The van der Waals surface area contributed by atoms with Crippen LogP contribution in [-0.2, 0) is 0 Å². The van der Waals surface area contributed by atoms with Gasteiger partial charge in [0.05, 0.1) is 30.0 Å². The first kappa shape index (κ1) is 21.4. The minimum Gasteiger partial charge on any atom is -0.494 e. The Morgan fingerprint density at radius 2 is 1.83 bits per heavy atom. The van der Waals surface area contributed by atoms with E-state index in [0.29, 0.717) is 5.95 Å². The molecule has 0 radical (unpaired) electrons. The minimum absolute atomic E-state index is 0.528. The van der Waals surface area contributed by atoms with E-state index in [-0.39, 0.29) is 0 Å². The molecule has 2 aromatic heterocycles. The Hall–Kier alpha value is -4.17. The van der Waals surface area contributed by atoms with Gasteiger partial charge in [0, 0.05) is 60.5 Å². The van der Waals surface area contributed by atoms with Crippen LogP contribution in [0.3, 0.4) is 0 Å². The van der Waals surface area contributed by atoms with Crippen molar-refractivity contribution < 1.29 is 4.74 Å². The monoisotopic (exact) mass is 465 g/mol. The maximum atomic E-state index is 5.70. The Balaban J connectivity index is 1.30. The van der Waals surface area contributed by atoms with Gasteiger partial charge in [0.2, 0.25) is 5.95 Å². The summed E-state index contributed by atoms with van der Waals surface area (Å²) in [6.07, 6.45) is 3.68. The van der Waals surface area contributed by atoms with Crippen molar-refractivity contribution in [3.63, 3.8) is 0 Å². The summed E-state index contributed by atoms with van der Waals surface area (Å²) in [5.74, 6) is 1.30. The zero-order valence-corrected chi connectivity index (χ0v) is 19.8. The number of nitrogens with one attached hydrogen (secondary N) is 2. The Morgan fingerprint density at radius 1 is 0.943 bits per heavy atom. The molecule has 3 aromatic carbocycles. The van der Waals surface area contributed by atoms with E-state index in [4.69, 9.17) is 9.72 Å². The second-order valence-corrected chi connectivity index (χ2v) is 8.91. The Bertz CT molecular complexity index is 1500. The van der Waals surface area contributed by atoms with Crippen LogP contribution < -0.4 is 15.0 Å². The van der Waals surface area contributed by atoms with Gasteiger partial charge in [0.1, 0.15) is 5.75 Å². The number of piperazine rings is 1. The van der Waals surface area contributed by atoms with Gasteiger partial charge in [-0.3, -0.25) is 5.10 Å². The van der Waals surface area contributed by atoms with Gasteiger partial charge in [-0.2, -0.15) is 5.10 Å². The van der Waals surface area contributed by atoms with E-state index in [1.54, 1.807) is 7.11 Å². The van der Waals surface area contributed by atoms with Gasteiger partial charge >= 0.3 is 0 Å². The van der Waals surface area contributed by atoms with Crippen LogP contribution in [0.4, 0.5) is 17.3 Å². The number of ether oxygens (including phenoxy) is 1. The number of H-pyrrole nitrogens is 1. The standard InChI is InChI=1S/C27H27N7O/c1-33-10-12-34(13-11-33)21-8-9-23(25(15-21)35-2)30-27-28-16-19-7-6-18(14-24(19)31-27)22-5-3-4-20-17-29-32-26(20)22/h3-9,14-17H,10-13H2,1-2H3,(H,29,32)(H,28,30,31). The molecule has 1 aliphatic rings. The maximum absolute atomic E-state index is 5.70. The van der Waals surface area contributed by atoms with E-state index in [9.17, 15) is 0 Å². The number of hydrogen-bond acceptors (Lipinski definition) is 7. The molecule has 0 aliphatic carbocycles. The van der Waals surface area contributed by atoms with Gasteiger partial charge in [0.15, 0.2) is 0 Å². The Kier molecular flexibility index (Phi) is 5.42. The highest BCUT2D eigenvalue weighted by molar-refractivity contribution is 5.95. The second kappa shape index (κ2) is 8.88. The number of benzene rings is 3. The lowest BCUT2D eigenvalue weighted by molar-refractivity contribution is 0.312. The lowest BCUT2D eigenvalue weighted by atomic mass is 10.0. The average Bonchev–Trinajstić information content (AvgIpc) is 3.38. The van der Waals surface area contributed by atoms with E-state index < -0.39 is 0 Å². The predicted molar refractivity (Wildman–Crippen MR) is 141 cm³/mol. The van der Waals surface area contributed by atoms with Crippen molar-refractivity contribution in [3.05, 3.63) is 67.0 Å². The molecule has 3 heterocycles. The number of aromatic nitrogens is 4. The molecule has 1 aliphatic heterocycles. The summed E-state index contributed by atoms with van der Waals surface area (Å²) >= 11 is 0. The number of anilines is 3. The van der Waals surface area contributed by atoms with Crippen molar-refractivity contribution in [2.24, 2.45) is 0 Å². The highest BCUT2D eigenvalue weighted by atomic mass is 16.5. The van der Waals surface area contributed by atoms with Crippen molar-refractivity contribution in [1.29, 1.82) is 0 Å². The summed E-state index contributed by atoms with van der Waals surface area (Å²) in [7, 11) is 3.85. The number of para-hydroxylation sites is 1. The number of rotatable bonds is 5. The van der Waals surface area contributed by atoms with Crippen molar-refractivity contribution in [2.75, 3.05) is 50.6 Å². The third-order valence-corrected chi connectivity index (χ3v) is 6.67. The minimum atomic E-state index is 0.528. The van der Waals surface area contributed by atoms with Gasteiger partial charge < -0.3 is 19.9 Å². The molecular weight excluding hydrogens is 438 g/mol. The molecule has 0 atom stereocenters. The Labute approximate surface area is 203 Å². The summed E-state index contributed by atoms with van der Waals surface area (Å²) in [6.45, 7) is 4.14. The number of hydrogen-bond donors (Lipinski definition) is 2. The van der Waals surface area contributed by atoms with Crippen LogP contribution in [0.1, 0.15) is 0 Å². The molecule has 0 bridgehead atoms. The summed E-state index contributed by atoms with van der Waals surface area (Å²) in [4.78, 5) is 14.1. The van der Waals surface area contributed by atoms with E-state index in [1.807, 2.05) is 24.5 Å². The van der Waals surface area contributed by atoms with Crippen LogP contribution in [0.25, 0.3) is 32.9 Å². The zero-order chi connectivity index (χ0) is 23.8. The first-order valence-corrected chi connectivity index (χ1v) is 11.8. The van der Waals surface area contributed by atoms with Crippen LogP contribution in [0, 0.1) is 0 Å². The van der Waals surface area contributed by atoms with Crippen molar-refractivity contribution in [1.82, 2.24) is 25.1 Å². The Morgan fingerprint density at radius 3 is 2.69 bits per heavy atom. The first-order chi connectivity index (χ1) is 17.2. The average molecular weight is 466 g/mol. The largest absolute Gasteiger partial charge is 0.494 e. The van der Waals surface area contributed by atoms with Crippen LogP contribution in [-0.4, -0.2) is 65.4 Å². The van der Waals surface area contributed by atoms with Crippen molar-refractivity contribution in [2.45, 2.75) is 0 Å². The predicted octanol–water partition coefficient (Wildman–Crippen LogP) is 4.68. The molecule has 0 spiro atoms. The van der Waals surface area contributed by atoms with Crippen LogP contribution in [0.5, 0.6) is 5.75 Å². The molecule has 8 nitrogen and oxygen atoms in total. The van der Waals surface area contributed by atoms with Crippen LogP contribution in [0.15, 0.2) is 67.0 Å². The highest BCUT2D eigenvalue weighted by Gasteiger charge is 2.16. The molecule has 6 rings (SSSR count). The fourth-order valence-corrected chi connectivity index (χ4v) is 4.63. The summed E-state index contributed by atoms with van der Waals surface area (Å²) in [6, 6.07) is 18.7. The normalized spacial score (nSPS) is 14.5. The summed E-state index contributed by atoms with van der Waals surface area (Å²) < 4.78 is 5.70. The maximum Gasteiger partial charge on any atom is 0.227 e. The van der Waals surface area contributed by atoms with Crippen molar-refractivity contribution in [3.8, 4) is 16.9 Å². The lowest BCUT2D eigenvalue weighted by Gasteiger charge is -2.34. The third-order valence-electron chi connectivity index (χ3n) is 6.67.